The Morgan fingerprint density at radius 3 is 2.29 bits per heavy atom. The van der Waals surface area contributed by atoms with E-state index in [2.05, 4.69) is 5.32 Å². The van der Waals surface area contributed by atoms with Gasteiger partial charge >= 0.3 is 0 Å². The molecule has 0 aromatic heterocycles. The minimum Gasteiger partial charge on any atom is -0.381 e. The highest BCUT2D eigenvalue weighted by atomic mass is 16.3. The molecule has 0 rings (SSSR count). The first-order valence-corrected chi connectivity index (χ1v) is 4.53. The molecule has 2 amide bonds. The predicted molar refractivity (Wildman–Crippen MR) is 52.6 cm³/mol. The summed E-state index contributed by atoms with van der Waals surface area (Å²) in [7, 11) is 1.48. The van der Waals surface area contributed by atoms with Crippen LogP contribution in [0.2, 0.25) is 0 Å². The van der Waals surface area contributed by atoms with Crippen molar-refractivity contribution in [2.24, 2.45) is 0 Å². The Kier molecular flexibility index (Phi) is 4.56. The Morgan fingerprint density at radius 1 is 1.43 bits per heavy atom. The van der Waals surface area contributed by atoms with Crippen molar-refractivity contribution in [1.82, 2.24) is 10.2 Å². The zero-order chi connectivity index (χ0) is 11.4. The van der Waals surface area contributed by atoms with Crippen molar-refractivity contribution in [2.45, 2.75) is 26.4 Å². The van der Waals surface area contributed by atoms with Crippen LogP contribution in [0.25, 0.3) is 0 Å². The van der Waals surface area contributed by atoms with Crippen LogP contribution in [-0.2, 0) is 9.59 Å². The largest absolute Gasteiger partial charge is 0.381 e. The van der Waals surface area contributed by atoms with Crippen molar-refractivity contribution in [3.63, 3.8) is 0 Å². The number of carbonyl (C=O) groups is 2. The number of amides is 2. The summed E-state index contributed by atoms with van der Waals surface area (Å²) in [4.78, 5) is 23.7. The van der Waals surface area contributed by atoms with E-state index in [4.69, 9.17) is 0 Å². The lowest BCUT2D eigenvalue weighted by atomic mass is 10.1. The summed E-state index contributed by atoms with van der Waals surface area (Å²) in [5, 5.41) is 11.9. The number of aliphatic hydroxyl groups is 1. The second-order valence-electron chi connectivity index (χ2n) is 3.67. The second-order valence-corrected chi connectivity index (χ2v) is 3.67. The smallest absolute Gasteiger partial charge is 0.254 e. The number of hydrogen-bond donors (Lipinski definition) is 2. The lowest BCUT2D eigenvalue weighted by molar-refractivity contribution is -0.148. The average molecular weight is 202 g/mol. The molecule has 5 heteroatoms. The summed E-state index contributed by atoms with van der Waals surface area (Å²) in [5.41, 5.74) is -1.43. The third kappa shape index (κ3) is 4.23. The Labute approximate surface area is 84.1 Å². The zero-order valence-corrected chi connectivity index (χ0v) is 9.13. The van der Waals surface area contributed by atoms with Crippen LogP contribution in [0.5, 0.6) is 0 Å². The lowest BCUT2D eigenvalue weighted by Gasteiger charge is -2.24. The summed E-state index contributed by atoms with van der Waals surface area (Å²) < 4.78 is 0. The standard InChI is InChI=1S/C9H18N2O3/c1-5-10-7(12)6-11(4)8(13)9(2,3)14/h14H,5-6H2,1-4H3,(H,10,12). The van der Waals surface area contributed by atoms with E-state index in [1.165, 1.54) is 25.8 Å². The molecule has 0 unspecified atom stereocenters. The van der Waals surface area contributed by atoms with E-state index in [1.54, 1.807) is 6.92 Å². The quantitative estimate of drug-likeness (QED) is 0.636. The van der Waals surface area contributed by atoms with Gasteiger partial charge in [-0.25, -0.2) is 0 Å². The summed E-state index contributed by atoms with van der Waals surface area (Å²) in [5.74, 6) is -0.698. The molecule has 0 aromatic carbocycles. The van der Waals surface area contributed by atoms with Gasteiger partial charge in [0.2, 0.25) is 5.91 Å². The van der Waals surface area contributed by atoms with Crippen LogP contribution in [0.15, 0.2) is 0 Å². The lowest BCUT2D eigenvalue weighted by Crippen LogP contribution is -2.47. The number of carbonyl (C=O) groups excluding carboxylic acids is 2. The minimum atomic E-state index is -1.43. The molecule has 0 atom stereocenters. The zero-order valence-electron chi connectivity index (χ0n) is 9.13. The van der Waals surface area contributed by atoms with E-state index in [9.17, 15) is 14.7 Å². The first kappa shape index (κ1) is 12.9. The van der Waals surface area contributed by atoms with Crippen LogP contribution < -0.4 is 5.32 Å². The third-order valence-corrected chi connectivity index (χ3v) is 1.62. The highest BCUT2D eigenvalue weighted by molar-refractivity contribution is 5.88. The molecular weight excluding hydrogens is 184 g/mol. The Hall–Kier alpha value is -1.10. The van der Waals surface area contributed by atoms with Crippen LogP contribution in [-0.4, -0.2) is 47.6 Å². The third-order valence-electron chi connectivity index (χ3n) is 1.62. The van der Waals surface area contributed by atoms with Gasteiger partial charge in [0.1, 0.15) is 5.60 Å². The van der Waals surface area contributed by atoms with Crippen molar-refractivity contribution in [2.75, 3.05) is 20.1 Å². The molecular formula is C9H18N2O3. The molecule has 0 bridgehead atoms. The average Bonchev–Trinajstić information content (AvgIpc) is 2.01. The van der Waals surface area contributed by atoms with E-state index < -0.39 is 11.5 Å². The molecule has 0 aliphatic heterocycles. The number of hydrogen-bond acceptors (Lipinski definition) is 3. The van der Waals surface area contributed by atoms with Crippen LogP contribution >= 0.6 is 0 Å². The fourth-order valence-corrected chi connectivity index (χ4v) is 1.01. The van der Waals surface area contributed by atoms with E-state index in [1.807, 2.05) is 0 Å². The molecule has 0 aliphatic rings. The van der Waals surface area contributed by atoms with Crippen molar-refractivity contribution in [3.05, 3.63) is 0 Å². The minimum absolute atomic E-state index is 0.0311. The summed E-state index contributed by atoms with van der Waals surface area (Å²) in [6.45, 7) is 5.09. The van der Waals surface area contributed by atoms with Gasteiger partial charge < -0.3 is 15.3 Å². The topological polar surface area (TPSA) is 69.6 Å². The van der Waals surface area contributed by atoms with Gasteiger partial charge in [-0.15, -0.1) is 0 Å². The van der Waals surface area contributed by atoms with E-state index in [0.29, 0.717) is 6.54 Å². The molecule has 0 heterocycles. The monoisotopic (exact) mass is 202 g/mol. The normalized spacial score (nSPS) is 10.9. The van der Waals surface area contributed by atoms with E-state index >= 15 is 0 Å². The SMILES string of the molecule is CCNC(=O)CN(C)C(=O)C(C)(C)O. The highest BCUT2D eigenvalue weighted by Gasteiger charge is 2.27. The van der Waals surface area contributed by atoms with Gasteiger partial charge in [0.15, 0.2) is 0 Å². The summed E-state index contributed by atoms with van der Waals surface area (Å²) in [6, 6.07) is 0. The summed E-state index contributed by atoms with van der Waals surface area (Å²) >= 11 is 0. The molecule has 0 radical (unpaired) electrons. The maximum atomic E-state index is 11.4. The molecule has 0 aromatic rings. The molecule has 82 valence electrons. The molecule has 0 saturated carbocycles. The molecule has 0 saturated heterocycles. The fraction of sp³-hybridized carbons (Fsp3) is 0.778. The number of nitrogens with one attached hydrogen (secondary N) is 1. The highest BCUT2D eigenvalue weighted by Crippen LogP contribution is 2.04. The van der Waals surface area contributed by atoms with Gasteiger partial charge in [0, 0.05) is 13.6 Å². The number of nitrogens with zero attached hydrogens (tertiary/aromatic N) is 1. The van der Waals surface area contributed by atoms with Gasteiger partial charge in [-0.3, -0.25) is 9.59 Å². The second kappa shape index (κ2) is 4.95. The van der Waals surface area contributed by atoms with Crippen LogP contribution in [0, 0.1) is 0 Å². The van der Waals surface area contributed by atoms with Crippen molar-refractivity contribution in [3.8, 4) is 0 Å². The Morgan fingerprint density at radius 2 is 1.93 bits per heavy atom. The van der Waals surface area contributed by atoms with Crippen molar-refractivity contribution >= 4 is 11.8 Å². The maximum absolute atomic E-state index is 11.4. The van der Waals surface area contributed by atoms with Crippen LogP contribution in [0.4, 0.5) is 0 Å². The number of rotatable bonds is 4. The molecule has 5 nitrogen and oxygen atoms in total. The van der Waals surface area contributed by atoms with Gasteiger partial charge in [0.25, 0.3) is 5.91 Å². The molecule has 0 spiro atoms. The first-order valence-electron chi connectivity index (χ1n) is 4.53. The van der Waals surface area contributed by atoms with Gasteiger partial charge in [-0.2, -0.15) is 0 Å². The molecule has 0 fully saturated rings. The summed E-state index contributed by atoms with van der Waals surface area (Å²) in [6.07, 6.45) is 0. The Bertz CT molecular complexity index is 221. The van der Waals surface area contributed by atoms with Gasteiger partial charge in [-0.1, -0.05) is 0 Å². The molecule has 0 aliphatic carbocycles. The molecule has 14 heavy (non-hydrogen) atoms. The van der Waals surface area contributed by atoms with Crippen molar-refractivity contribution in [1.29, 1.82) is 0 Å². The maximum Gasteiger partial charge on any atom is 0.254 e. The van der Waals surface area contributed by atoms with Gasteiger partial charge in [0.05, 0.1) is 6.54 Å². The Balaban J connectivity index is 4.15. The van der Waals surface area contributed by atoms with Gasteiger partial charge in [-0.05, 0) is 20.8 Å². The predicted octanol–water partition coefficient (Wildman–Crippen LogP) is -0.648. The van der Waals surface area contributed by atoms with Crippen molar-refractivity contribution < 1.29 is 14.7 Å². The van der Waals surface area contributed by atoms with E-state index in [-0.39, 0.29) is 12.5 Å². The van der Waals surface area contributed by atoms with Crippen LogP contribution in [0.3, 0.4) is 0 Å². The first-order chi connectivity index (χ1) is 6.29. The molecule has 2 N–H and O–H groups in total. The fourth-order valence-electron chi connectivity index (χ4n) is 1.01. The van der Waals surface area contributed by atoms with Crippen LogP contribution in [0.1, 0.15) is 20.8 Å². The number of likely N-dealkylation sites (N-methyl/N-ethyl adjacent to an activating group) is 2. The van der Waals surface area contributed by atoms with E-state index in [0.717, 1.165) is 0 Å².